The summed E-state index contributed by atoms with van der Waals surface area (Å²) in [5, 5.41) is 10.4. The number of hydrogen-bond acceptors (Lipinski definition) is 5. The highest BCUT2D eigenvalue weighted by atomic mass is 35.5. The van der Waals surface area contributed by atoms with Crippen molar-refractivity contribution in [3.63, 3.8) is 0 Å². The molecule has 1 aliphatic carbocycles. The van der Waals surface area contributed by atoms with Gasteiger partial charge in [-0.2, -0.15) is 0 Å². The molecule has 0 spiro atoms. The number of hydrogen-bond donors (Lipinski definition) is 2. The van der Waals surface area contributed by atoms with Gasteiger partial charge in [-0.15, -0.1) is 12.4 Å². The summed E-state index contributed by atoms with van der Waals surface area (Å²) >= 11 is 5.80. The van der Waals surface area contributed by atoms with E-state index in [0.29, 0.717) is 0 Å². The predicted octanol–water partition coefficient (Wildman–Crippen LogP) is 1.83. The Balaban J connectivity index is 0.00000220. The molecule has 1 saturated carbocycles. The quantitative estimate of drug-likeness (QED) is 0.617. The molecular weight excluding hydrogens is 341 g/mol. The van der Waals surface area contributed by atoms with E-state index in [1.807, 2.05) is 0 Å². The Morgan fingerprint density at radius 2 is 2.05 bits per heavy atom. The molecule has 21 heavy (non-hydrogen) atoms. The third-order valence-corrected chi connectivity index (χ3v) is 5.26. The number of nitrogens with two attached hydrogens (primary N) is 1. The van der Waals surface area contributed by atoms with Crippen LogP contribution in [0.2, 0.25) is 5.02 Å². The minimum absolute atomic E-state index is 0. The number of benzene rings is 1. The summed E-state index contributed by atoms with van der Waals surface area (Å²) in [7, 11) is -3.83. The second-order valence-corrected chi connectivity index (χ2v) is 7.05. The van der Waals surface area contributed by atoms with Crippen molar-refractivity contribution < 1.29 is 13.3 Å². The minimum atomic E-state index is -3.83. The number of sulfonamides is 1. The number of nitrogens with zero attached hydrogens (tertiary/aromatic N) is 1. The smallest absolute Gasteiger partial charge is 0.271 e. The first-order valence-electron chi connectivity index (χ1n) is 5.96. The van der Waals surface area contributed by atoms with Crippen molar-refractivity contribution in [1.82, 2.24) is 4.72 Å². The van der Waals surface area contributed by atoms with Gasteiger partial charge in [0.1, 0.15) is 4.90 Å². The summed E-state index contributed by atoms with van der Waals surface area (Å²) < 4.78 is 26.6. The molecule has 0 radical (unpaired) electrons. The molecule has 0 heterocycles. The molecule has 1 fully saturated rings. The van der Waals surface area contributed by atoms with Gasteiger partial charge in [0.15, 0.2) is 0 Å². The molecule has 0 atom stereocenters. The number of non-ortho nitro benzene ring substituents is 1. The van der Waals surface area contributed by atoms with Crippen LogP contribution in [-0.2, 0) is 10.0 Å². The fraction of sp³-hybridized carbons (Fsp3) is 0.455. The van der Waals surface area contributed by atoms with Crippen molar-refractivity contribution in [1.29, 1.82) is 0 Å². The second-order valence-electron chi connectivity index (χ2n) is 4.91. The van der Waals surface area contributed by atoms with E-state index in [1.165, 1.54) is 0 Å². The summed E-state index contributed by atoms with van der Waals surface area (Å²) in [5.74, 6) is 0. The molecule has 0 bridgehead atoms. The van der Waals surface area contributed by atoms with E-state index in [0.717, 1.165) is 37.5 Å². The standard InChI is InChI=1S/C11H14ClN3O4S.ClH/c12-9-6-8(15(16)17)2-3-10(9)20(18,19)14-7-11(13)4-1-5-11;/h2-3,6,14H,1,4-5,7,13H2;1H. The monoisotopic (exact) mass is 355 g/mol. The summed E-state index contributed by atoms with van der Waals surface area (Å²) in [4.78, 5) is 9.76. The maximum atomic E-state index is 12.1. The molecule has 3 N–H and O–H groups in total. The maximum Gasteiger partial charge on any atom is 0.271 e. The topological polar surface area (TPSA) is 115 Å². The third-order valence-electron chi connectivity index (χ3n) is 3.38. The molecule has 1 aromatic rings. The van der Waals surface area contributed by atoms with E-state index >= 15 is 0 Å². The van der Waals surface area contributed by atoms with Crippen LogP contribution in [-0.4, -0.2) is 25.4 Å². The van der Waals surface area contributed by atoms with Crippen LogP contribution in [0.15, 0.2) is 23.1 Å². The molecule has 0 aromatic heterocycles. The largest absolute Gasteiger partial charge is 0.324 e. The molecule has 2 rings (SSSR count). The van der Waals surface area contributed by atoms with Crippen LogP contribution in [0.3, 0.4) is 0 Å². The molecule has 1 aromatic carbocycles. The number of nitro benzene ring substituents is 1. The van der Waals surface area contributed by atoms with E-state index in [9.17, 15) is 18.5 Å². The van der Waals surface area contributed by atoms with Gasteiger partial charge in [-0.1, -0.05) is 11.6 Å². The molecule has 0 unspecified atom stereocenters. The van der Waals surface area contributed by atoms with Gasteiger partial charge >= 0.3 is 0 Å². The Bertz CT molecular complexity index is 647. The molecule has 118 valence electrons. The van der Waals surface area contributed by atoms with Crippen molar-refractivity contribution in [2.75, 3.05) is 6.54 Å². The first-order chi connectivity index (χ1) is 9.23. The fourth-order valence-corrected chi connectivity index (χ4v) is 3.62. The Labute approximate surface area is 133 Å². The lowest BCUT2D eigenvalue weighted by Gasteiger charge is -2.38. The average molecular weight is 356 g/mol. The summed E-state index contributed by atoms with van der Waals surface area (Å²) in [5.41, 5.74) is 5.18. The Morgan fingerprint density at radius 3 is 2.48 bits per heavy atom. The van der Waals surface area contributed by atoms with Crippen molar-refractivity contribution in [3.05, 3.63) is 33.3 Å². The van der Waals surface area contributed by atoms with Crippen LogP contribution in [0.25, 0.3) is 0 Å². The van der Waals surface area contributed by atoms with Crippen LogP contribution < -0.4 is 10.5 Å². The van der Waals surface area contributed by atoms with E-state index in [1.54, 1.807) is 0 Å². The van der Waals surface area contributed by atoms with Crippen LogP contribution in [0, 0.1) is 10.1 Å². The number of halogens is 2. The van der Waals surface area contributed by atoms with Gasteiger partial charge < -0.3 is 5.73 Å². The minimum Gasteiger partial charge on any atom is -0.324 e. The van der Waals surface area contributed by atoms with Crippen LogP contribution in [0.4, 0.5) is 5.69 Å². The SMILES string of the molecule is Cl.NC1(CNS(=O)(=O)c2ccc([N+](=O)[O-])cc2Cl)CCC1. The van der Waals surface area contributed by atoms with E-state index < -0.39 is 20.5 Å². The van der Waals surface area contributed by atoms with Crippen molar-refractivity contribution in [2.45, 2.75) is 29.7 Å². The van der Waals surface area contributed by atoms with Gasteiger partial charge in [0, 0.05) is 24.2 Å². The number of rotatable bonds is 5. The fourth-order valence-electron chi connectivity index (χ4n) is 1.95. The summed E-state index contributed by atoms with van der Waals surface area (Å²) in [6, 6.07) is 3.23. The first-order valence-corrected chi connectivity index (χ1v) is 7.82. The number of nitro groups is 1. The third kappa shape index (κ3) is 4.04. The Hall–Kier alpha value is -0.930. The maximum absolute atomic E-state index is 12.1. The summed E-state index contributed by atoms with van der Waals surface area (Å²) in [6.07, 6.45) is 2.52. The average Bonchev–Trinajstić information content (AvgIpc) is 2.33. The lowest BCUT2D eigenvalue weighted by Crippen LogP contribution is -2.54. The highest BCUT2D eigenvalue weighted by Gasteiger charge is 2.34. The van der Waals surface area contributed by atoms with Crippen LogP contribution in [0.5, 0.6) is 0 Å². The van der Waals surface area contributed by atoms with Gasteiger partial charge in [-0.3, -0.25) is 10.1 Å². The number of nitrogens with one attached hydrogen (secondary N) is 1. The zero-order valence-corrected chi connectivity index (χ0v) is 13.3. The zero-order chi connectivity index (χ0) is 15.0. The van der Waals surface area contributed by atoms with Crippen molar-refractivity contribution >= 4 is 39.7 Å². The van der Waals surface area contributed by atoms with Crippen molar-refractivity contribution in [2.24, 2.45) is 5.73 Å². The molecular formula is C11H15Cl2N3O4S. The lowest BCUT2D eigenvalue weighted by molar-refractivity contribution is -0.384. The first kappa shape index (κ1) is 18.1. The predicted molar refractivity (Wildman–Crippen MR) is 81.3 cm³/mol. The van der Waals surface area contributed by atoms with E-state index in [4.69, 9.17) is 17.3 Å². The van der Waals surface area contributed by atoms with Gasteiger partial charge in [-0.25, -0.2) is 13.1 Å². The van der Waals surface area contributed by atoms with Gasteiger partial charge in [0.05, 0.1) is 9.95 Å². The molecule has 0 amide bonds. The molecule has 0 aliphatic heterocycles. The highest BCUT2D eigenvalue weighted by Crippen LogP contribution is 2.30. The van der Waals surface area contributed by atoms with E-state index in [-0.39, 0.29) is 34.6 Å². The summed E-state index contributed by atoms with van der Waals surface area (Å²) in [6.45, 7) is 0.128. The lowest BCUT2D eigenvalue weighted by atomic mass is 9.78. The second kappa shape index (κ2) is 6.45. The van der Waals surface area contributed by atoms with E-state index in [2.05, 4.69) is 4.72 Å². The Morgan fingerprint density at radius 1 is 1.43 bits per heavy atom. The molecule has 0 saturated heterocycles. The highest BCUT2D eigenvalue weighted by molar-refractivity contribution is 7.89. The molecule has 10 heteroatoms. The normalized spacial score (nSPS) is 16.7. The van der Waals surface area contributed by atoms with Gasteiger partial charge in [0.25, 0.3) is 5.69 Å². The van der Waals surface area contributed by atoms with Crippen LogP contribution >= 0.6 is 24.0 Å². The molecule has 7 nitrogen and oxygen atoms in total. The van der Waals surface area contributed by atoms with Gasteiger partial charge in [-0.05, 0) is 25.3 Å². The Kier molecular flexibility index (Phi) is 5.57. The zero-order valence-electron chi connectivity index (χ0n) is 10.9. The van der Waals surface area contributed by atoms with Crippen molar-refractivity contribution in [3.8, 4) is 0 Å². The van der Waals surface area contributed by atoms with Crippen LogP contribution in [0.1, 0.15) is 19.3 Å². The molecule has 1 aliphatic rings. The van der Waals surface area contributed by atoms with Gasteiger partial charge in [0.2, 0.25) is 10.0 Å².